The molecule has 1 aromatic rings. The fraction of sp³-hybridized carbons (Fsp3) is 0.500. The lowest BCUT2D eigenvalue weighted by Crippen LogP contribution is -2.56. The van der Waals surface area contributed by atoms with Gasteiger partial charge in [-0.1, -0.05) is 38.0 Å². The molecule has 0 bridgehead atoms. The van der Waals surface area contributed by atoms with Gasteiger partial charge in [0.15, 0.2) is 0 Å². The third-order valence-corrected chi connectivity index (χ3v) is 3.78. The molecule has 4 nitrogen and oxygen atoms in total. The maximum Gasteiger partial charge on any atom is 0.438 e. The molecular weight excluding hydrogens is 309 g/mol. The van der Waals surface area contributed by atoms with Gasteiger partial charge >= 0.3 is 6.18 Å². The predicted octanol–water partition coefficient (Wildman–Crippen LogP) is 3.72. The summed E-state index contributed by atoms with van der Waals surface area (Å²) in [5, 5.41) is 14.1. The lowest BCUT2D eigenvalue weighted by molar-refractivity contribution is -0.297. The number of alkyl halides is 3. The fourth-order valence-corrected chi connectivity index (χ4v) is 2.47. The molecule has 0 fully saturated rings. The smallest absolute Gasteiger partial charge is 0.362 e. The first-order valence-electron chi connectivity index (χ1n) is 7.54. The van der Waals surface area contributed by atoms with Crippen molar-refractivity contribution < 1.29 is 23.1 Å². The number of hydrogen-bond acceptors (Lipinski definition) is 3. The first-order chi connectivity index (χ1) is 10.8. The minimum Gasteiger partial charge on any atom is -0.362 e. The zero-order chi connectivity index (χ0) is 17.1. The number of carbonyl (C=O) groups excluding carboxylic acids is 1. The molecule has 1 N–H and O–H groups in total. The number of unbranched alkanes of at least 4 members (excludes halogenated alkanes) is 2. The van der Waals surface area contributed by atoms with E-state index in [1.165, 1.54) is 12.1 Å². The number of carbonyl (C=O) groups is 1. The van der Waals surface area contributed by atoms with Gasteiger partial charge in [0.2, 0.25) is 0 Å². The number of rotatable bonds is 5. The second-order valence-electron chi connectivity index (χ2n) is 5.60. The van der Waals surface area contributed by atoms with Gasteiger partial charge < -0.3 is 5.11 Å². The van der Waals surface area contributed by atoms with Crippen molar-refractivity contribution in [1.82, 2.24) is 5.01 Å². The van der Waals surface area contributed by atoms with E-state index < -0.39 is 24.2 Å². The topological polar surface area (TPSA) is 52.9 Å². The summed E-state index contributed by atoms with van der Waals surface area (Å²) < 4.78 is 39.9. The summed E-state index contributed by atoms with van der Waals surface area (Å²) in [5.41, 5.74) is -3.03. The van der Waals surface area contributed by atoms with Gasteiger partial charge in [-0.25, -0.2) is 0 Å². The molecule has 1 aromatic carbocycles. The van der Waals surface area contributed by atoms with E-state index in [0.29, 0.717) is 12.8 Å². The molecule has 1 unspecified atom stereocenters. The second-order valence-corrected chi connectivity index (χ2v) is 5.60. The predicted molar refractivity (Wildman–Crippen MR) is 79.8 cm³/mol. The quantitative estimate of drug-likeness (QED) is 0.838. The third kappa shape index (κ3) is 3.55. The SMILES string of the molecule is CCCCCC1=NN(C(=O)c2ccccc2)C(O)(C(F)(F)F)C1. The molecule has 1 amide bonds. The standard InChI is InChI=1S/C16H19F3N2O2/c1-2-3-5-10-13-11-15(23,16(17,18)19)21(20-13)14(22)12-8-6-4-7-9-12/h4,6-9,23H,2-3,5,10-11H2,1H3. The number of hydrazone groups is 1. The summed E-state index contributed by atoms with van der Waals surface area (Å²) in [7, 11) is 0. The molecule has 0 spiro atoms. The van der Waals surface area contributed by atoms with Gasteiger partial charge in [-0.05, 0) is 25.0 Å². The van der Waals surface area contributed by atoms with Crippen molar-refractivity contribution in [1.29, 1.82) is 0 Å². The minimum atomic E-state index is -4.98. The highest BCUT2D eigenvalue weighted by Crippen LogP contribution is 2.41. The molecule has 23 heavy (non-hydrogen) atoms. The number of halogens is 3. The van der Waals surface area contributed by atoms with E-state index in [9.17, 15) is 23.1 Å². The minimum absolute atomic E-state index is 0.0498. The van der Waals surface area contributed by atoms with Gasteiger partial charge in [0.05, 0.1) is 0 Å². The monoisotopic (exact) mass is 328 g/mol. The van der Waals surface area contributed by atoms with Crippen LogP contribution in [0, 0.1) is 0 Å². The highest BCUT2D eigenvalue weighted by atomic mass is 19.4. The van der Waals surface area contributed by atoms with Crippen LogP contribution < -0.4 is 0 Å². The Kier molecular flexibility index (Phi) is 5.09. The molecule has 7 heteroatoms. The normalized spacial score (nSPS) is 21.4. The van der Waals surface area contributed by atoms with Crippen LogP contribution in [0.25, 0.3) is 0 Å². The lowest BCUT2D eigenvalue weighted by atomic mass is 10.0. The average molecular weight is 328 g/mol. The summed E-state index contributed by atoms with van der Waals surface area (Å²) >= 11 is 0. The van der Waals surface area contributed by atoms with E-state index in [1.54, 1.807) is 18.2 Å². The van der Waals surface area contributed by atoms with Crippen LogP contribution in [0.2, 0.25) is 0 Å². The average Bonchev–Trinajstić information content (AvgIpc) is 2.86. The Morgan fingerprint density at radius 3 is 2.52 bits per heavy atom. The van der Waals surface area contributed by atoms with Gasteiger partial charge in [-0.2, -0.15) is 23.3 Å². The molecule has 0 radical (unpaired) electrons. The largest absolute Gasteiger partial charge is 0.438 e. The van der Waals surface area contributed by atoms with Crippen LogP contribution in [0.15, 0.2) is 35.4 Å². The lowest BCUT2D eigenvalue weighted by Gasteiger charge is -2.32. The Balaban J connectivity index is 2.28. The summed E-state index contributed by atoms with van der Waals surface area (Å²) in [6.07, 6.45) is -2.88. The van der Waals surface area contributed by atoms with Gasteiger partial charge in [0.25, 0.3) is 11.6 Å². The van der Waals surface area contributed by atoms with E-state index in [0.717, 1.165) is 12.8 Å². The van der Waals surface area contributed by atoms with Gasteiger partial charge in [-0.3, -0.25) is 4.79 Å². The second kappa shape index (κ2) is 6.70. The van der Waals surface area contributed by atoms with Crippen molar-refractivity contribution in [2.24, 2.45) is 5.10 Å². The van der Waals surface area contributed by atoms with Crippen molar-refractivity contribution in [3.63, 3.8) is 0 Å². The zero-order valence-electron chi connectivity index (χ0n) is 12.8. The van der Waals surface area contributed by atoms with Crippen LogP contribution in [-0.2, 0) is 0 Å². The van der Waals surface area contributed by atoms with E-state index in [1.807, 2.05) is 6.92 Å². The maximum atomic E-state index is 13.3. The number of nitrogens with zero attached hydrogens (tertiary/aromatic N) is 2. The van der Waals surface area contributed by atoms with Crippen molar-refractivity contribution in [2.45, 2.75) is 50.9 Å². The molecule has 1 aliphatic heterocycles. The van der Waals surface area contributed by atoms with Crippen molar-refractivity contribution in [2.75, 3.05) is 0 Å². The Labute approximate surface area is 132 Å². The first-order valence-corrected chi connectivity index (χ1v) is 7.54. The Hall–Kier alpha value is -1.89. The molecule has 126 valence electrons. The summed E-state index contributed by atoms with van der Waals surface area (Å²) in [6.45, 7) is 1.98. The Bertz CT molecular complexity index is 587. The van der Waals surface area contributed by atoms with Crippen molar-refractivity contribution in [3.05, 3.63) is 35.9 Å². The van der Waals surface area contributed by atoms with Crippen LogP contribution >= 0.6 is 0 Å². The van der Waals surface area contributed by atoms with E-state index in [-0.39, 0.29) is 16.3 Å². The van der Waals surface area contributed by atoms with E-state index in [4.69, 9.17) is 0 Å². The highest BCUT2D eigenvalue weighted by Gasteiger charge is 2.63. The van der Waals surface area contributed by atoms with Gasteiger partial charge in [0, 0.05) is 17.7 Å². The highest BCUT2D eigenvalue weighted by molar-refractivity contribution is 5.98. The molecule has 1 heterocycles. The van der Waals surface area contributed by atoms with Gasteiger partial charge in [0.1, 0.15) is 0 Å². The molecule has 0 saturated carbocycles. The van der Waals surface area contributed by atoms with Crippen molar-refractivity contribution in [3.8, 4) is 0 Å². The van der Waals surface area contributed by atoms with E-state index in [2.05, 4.69) is 5.10 Å². The third-order valence-electron chi connectivity index (χ3n) is 3.78. The van der Waals surface area contributed by atoms with Crippen LogP contribution in [0.1, 0.15) is 49.4 Å². The molecular formula is C16H19F3N2O2. The number of hydrogen-bond donors (Lipinski definition) is 1. The molecule has 2 rings (SSSR count). The van der Waals surface area contributed by atoms with Crippen LogP contribution in [0.4, 0.5) is 13.2 Å². The summed E-state index contributed by atoms with van der Waals surface area (Å²) in [4.78, 5) is 12.3. The number of aliphatic hydroxyl groups is 1. The molecule has 1 atom stereocenters. The summed E-state index contributed by atoms with van der Waals surface area (Å²) in [6, 6.07) is 7.52. The molecule has 0 aliphatic carbocycles. The maximum absolute atomic E-state index is 13.3. The van der Waals surface area contributed by atoms with E-state index >= 15 is 0 Å². The number of benzene rings is 1. The van der Waals surface area contributed by atoms with Crippen LogP contribution in [0.5, 0.6) is 0 Å². The molecule has 1 aliphatic rings. The summed E-state index contributed by atoms with van der Waals surface area (Å²) in [5.74, 6) is -0.962. The Morgan fingerprint density at radius 1 is 1.30 bits per heavy atom. The first kappa shape index (κ1) is 17.5. The number of amides is 1. The fourth-order valence-electron chi connectivity index (χ4n) is 2.47. The van der Waals surface area contributed by atoms with Gasteiger partial charge in [-0.15, -0.1) is 0 Å². The van der Waals surface area contributed by atoms with Crippen molar-refractivity contribution >= 4 is 11.6 Å². The molecule has 0 saturated heterocycles. The molecule has 0 aromatic heterocycles. The van der Waals surface area contributed by atoms with Crippen LogP contribution in [-0.4, -0.2) is 33.6 Å². The zero-order valence-corrected chi connectivity index (χ0v) is 12.8. The van der Waals surface area contributed by atoms with Crippen LogP contribution in [0.3, 0.4) is 0 Å². The Morgan fingerprint density at radius 2 is 1.96 bits per heavy atom.